The maximum Gasteiger partial charge on any atom is 0.326 e. The highest BCUT2D eigenvalue weighted by molar-refractivity contribution is 5.82. The largest absolute Gasteiger partial charge is 0.480 e. The second kappa shape index (κ2) is 6.41. The van der Waals surface area contributed by atoms with Crippen LogP contribution in [0.15, 0.2) is 18.3 Å². The summed E-state index contributed by atoms with van der Waals surface area (Å²) >= 11 is 0. The number of hydrogen-bond acceptors (Lipinski definition) is 4. The zero-order valence-corrected chi connectivity index (χ0v) is 9.38. The van der Waals surface area contributed by atoms with Gasteiger partial charge >= 0.3 is 12.0 Å². The van der Waals surface area contributed by atoms with Crippen LogP contribution in [0.5, 0.6) is 0 Å². The van der Waals surface area contributed by atoms with Gasteiger partial charge in [-0.15, -0.1) is 0 Å². The van der Waals surface area contributed by atoms with Crippen LogP contribution in [0, 0.1) is 0 Å². The van der Waals surface area contributed by atoms with Gasteiger partial charge in [-0.2, -0.15) is 10.2 Å². The van der Waals surface area contributed by atoms with E-state index in [9.17, 15) is 9.59 Å². The van der Waals surface area contributed by atoms with Gasteiger partial charge < -0.3 is 15.7 Å². The molecule has 17 heavy (non-hydrogen) atoms. The Morgan fingerprint density at radius 2 is 2.29 bits per heavy atom. The highest BCUT2D eigenvalue weighted by Gasteiger charge is 2.16. The summed E-state index contributed by atoms with van der Waals surface area (Å²) in [5.74, 6) is -1.05. The summed E-state index contributed by atoms with van der Waals surface area (Å²) in [6, 6.07) is 2.00. The van der Waals surface area contributed by atoms with Crippen molar-refractivity contribution >= 4 is 12.0 Å². The van der Waals surface area contributed by atoms with Crippen LogP contribution in [-0.2, 0) is 11.3 Å². The van der Waals surface area contributed by atoms with Crippen molar-refractivity contribution in [2.75, 3.05) is 0 Å². The van der Waals surface area contributed by atoms with E-state index in [4.69, 9.17) is 5.11 Å². The number of aliphatic carboxylic acids is 1. The Kier molecular flexibility index (Phi) is 4.86. The minimum absolute atomic E-state index is 0.204. The van der Waals surface area contributed by atoms with E-state index in [2.05, 4.69) is 20.8 Å². The highest BCUT2D eigenvalue weighted by atomic mass is 16.4. The lowest BCUT2D eigenvalue weighted by Crippen LogP contribution is -2.45. The van der Waals surface area contributed by atoms with E-state index < -0.39 is 18.0 Å². The van der Waals surface area contributed by atoms with Crippen molar-refractivity contribution in [1.29, 1.82) is 0 Å². The van der Waals surface area contributed by atoms with Gasteiger partial charge in [-0.1, -0.05) is 6.92 Å². The van der Waals surface area contributed by atoms with Crippen molar-refractivity contribution in [3.05, 3.63) is 24.0 Å². The molecule has 2 amide bonds. The molecule has 0 radical (unpaired) electrons. The Hall–Kier alpha value is -2.18. The lowest BCUT2D eigenvalue weighted by atomic mass is 10.2. The molecular weight excluding hydrogens is 224 g/mol. The summed E-state index contributed by atoms with van der Waals surface area (Å²) in [4.78, 5) is 22.0. The topological polar surface area (TPSA) is 104 Å². The molecule has 0 aliphatic carbocycles. The molecule has 0 spiro atoms. The third-order valence-electron chi connectivity index (χ3n) is 2.07. The Balaban J connectivity index is 2.37. The van der Waals surface area contributed by atoms with Gasteiger partial charge in [0, 0.05) is 6.20 Å². The third-order valence-corrected chi connectivity index (χ3v) is 2.07. The van der Waals surface area contributed by atoms with Gasteiger partial charge in [0.2, 0.25) is 0 Å². The first-order valence-electron chi connectivity index (χ1n) is 5.17. The summed E-state index contributed by atoms with van der Waals surface area (Å²) in [6.45, 7) is 1.89. The number of carbonyl (C=O) groups excluding carboxylic acids is 1. The Bertz CT molecular complexity index is 382. The molecule has 1 atom stereocenters. The van der Waals surface area contributed by atoms with E-state index in [1.165, 1.54) is 6.20 Å². The van der Waals surface area contributed by atoms with E-state index in [1.54, 1.807) is 19.1 Å². The second-order valence-corrected chi connectivity index (χ2v) is 3.34. The monoisotopic (exact) mass is 238 g/mol. The Morgan fingerprint density at radius 3 is 2.82 bits per heavy atom. The maximum absolute atomic E-state index is 11.4. The number of aromatic nitrogens is 2. The van der Waals surface area contributed by atoms with Gasteiger partial charge in [0.1, 0.15) is 6.04 Å². The van der Waals surface area contributed by atoms with Crippen LogP contribution in [0.4, 0.5) is 4.79 Å². The second-order valence-electron chi connectivity index (χ2n) is 3.34. The highest BCUT2D eigenvalue weighted by Crippen LogP contribution is 1.92. The predicted octanol–water partition coefficient (Wildman–Crippen LogP) is 0.139. The van der Waals surface area contributed by atoms with Gasteiger partial charge in [-0.3, -0.25) is 0 Å². The van der Waals surface area contributed by atoms with Crippen LogP contribution in [0.25, 0.3) is 0 Å². The maximum atomic E-state index is 11.4. The van der Waals surface area contributed by atoms with E-state index in [1.807, 2.05) is 0 Å². The summed E-state index contributed by atoms with van der Waals surface area (Å²) in [6.07, 6.45) is 1.86. The van der Waals surface area contributed by atoms with Crippen LogP contribution in [0.2, 0.25) is 0 Å². The SMILES string of the molecule is CC[C@@H](NC(=O)NCc1cccnn1)C(=O)O. The zero-order chi connectivity index (χ0) is 12.7. The summed E-state index contributed by atoms with van der Waals surface area (Å²) in [5, 5.41) is 21.0. The molecule has 0 bridgehead atoms. The molecule has 0 aliphatic heterocycles. The molecule has 3 N–H and O–H groups in total. The van der Waals surface area contributed by atoms with Gasteiger partial charge in [-0.05, 0) is 18.6 Å². The molecule has 1 rings (SSSR count). The fourth-order valence-electron chi connectivity index (χ4n) is 1.15. The summed E-state index contributed by atoms with van der Waals surface area (Å²) in [7, 11) is 0. The first kappa shape index (κ1) is 12.9. The summed E-state index contributed by atoms with van der Waals surface area (Å²) in [5.41, 5.74) is 0.603. The summed E-state index contributed by atoms with van der Waals surface area (Å²) < 4.78 is 0. The minimum Gasteiger partial charge on any atom is -0.480 e. The molecule has 0 aliphatic rings. The number of amides is 2. The molecule has 0 unspecified atom stereocenters. The lowest BCUT2D eigenvalue weighted by molar-refractivity contribution is -0.139. The Morgan fingerprint density at radius 1 is 1.53 bits per heavy atom. The first-order valence-corrected chi connectivity index (χ1v) is 5.17. The first-order chi connectivity index (χ1) is 8.13. The van der Waals surface area contributed by atoms with E-state index >= 15 is 0 Å². The predicted molar refractivity (Wildman–Crippen MR) is 59.1 cm³/mol. The van der Waals surface area contributed by atoms with Crippen LogP contribution >= 0.6 is 0 Å². The van der Waals surface area contributed by atoms with Crippen molar-refractivity contribution < 1.29 is 14.7 Å². The number of carbonyl (C=O) groups is 2. The molecule has 0 aromatic carbocycles. The van der Waals surface area contributed by atoms with Gasteiger partial charge in [-0.25, -0.2) is 9.59 Å². The molecule has 1 heterocycles. The number of urea groups is 1. The molecule has 0 saturated heterocycles. The van der Waals surface area contributed by atoms with Crippen LogP contribution in [0.1, 0.15) is 19.0 Å². The minimum atomic E-state index is -1.05. The quantitative estimate of drug-likeness (QED) is 0.676. The van der Waals surface area contributed by atoms with E-state index in [0.717, 1.165) is 0 Å². The Labute approximate surface area is 98.2 Å². The van der Waals surface area contributed by atoms with Crippen molar-refractivity contribution in [1.82, 2.24) is 20.8 Å². The van der Waals surface area contributed by atoms with Crippen LogP contribution in [0.3, 0.4) is 0 Å². The van der Waals surface area contributed by atoms with Crippen molar-refractivity contribution in [2.45, 2.75) is 25.9 Å². The zero-order valence-electron chi connectivity index (χ0n) is 9.38. The normalized spacial score (nSPS) is 11.6. The van der Waals surface area contributed by atoms with E-state index in [0.29, 0.717) is 12.1 Å². The number of carboxylic acid groups (broad SMARTS) is 1. The average Bonchev–Trinajstić information content (AvgIpc) is 2.34. The van der Waals surface area contributed by atoms with Crippen LogP contribution < -0.4 is 10.6 Å². The standard InChI is InChI=1S/C10H14N4O3/c1-2-8(9(15)16)13-10(17)11-6-7-4-3-5-12-14-7/h3-5,8H,2,6H2,1H3,(H,15,16)(H2,11,13,17)/t8-/m1/s1. The van der Waals surface area contributed by atoms with E-state index in [-0.39, 0.29) is 6.54 Å². The van der Waals surface area contributed by atoms with Gasteiger partial charge in [0.25, 0.3) is 0 Å². The smallest absolute Gasteiger partial charge is 0.326 e. The molecule has 7 heteroatoms. The van der Waals surface area contributed by atoms with Crippen molar-refractivity contribution in [3.63, 3.8) is 0 Å². The average molecular weight is 238 g/mol. The molecule has 1 aromatic heterocycles. The number of carboxylic acids is 1. The third kappa shape index (κ3) is 4.45. The van der Waals surface area contributed by atoms with Gasteiger partial charge in [0.15, 0.2) is 0 Å². The number of hydrogen-bond donors (Lipinski definition) is 3. The molecule has 1 aromatic rings. The molecule has 7 nitrogen and oxygen atoms in total. The molecule has 0 fully saturated rings. The fraction of sp³-hybridized carbons (Fsp3) is 0.400. The number of nitrogens with one attached hydrogen (secondary N) is 2. The van der Waals surface area contributed by atoms with Crippen molar-refractivity contribution in [3.8, 4) is 0 Å². The molecule has 0 saturated carbocycles. The lowest BCUT2D eigenvalue weighted by Gasteiger charge is -2.12. The number of rotatable bonds is 5. The fourth-order valence-corrected chi connectivity index (χ4v) is 1.15. The molecular formula is C10H14N4O3. The molecule has 92 valence electrons. The van der Waals surface area contributed by atoms with Crippen LogP contribution in [-0.4, -0.2) is 33.3 Å². The van der Waals surface area contributed by atoms with Gasteiger partial charge in [0.05, 0.1) is 12.2 Å². The van der Waals surface area contributed by atoms with Crippen molar-refractivity contribution in [2.24, 2.45) is 0 Å². The number of nitrogens with zero attached hydrogens (tertiary/aromatic N) is 2.